The highest BCUT2D eigenvalue weighted by Crippen LogP contribution is 2.15. The molecular weight excluding hydrogens is 280 g/mol. The van der Waals surface area contributed by atoms with Gasteiger partial charge in [0.2, 0.25) is 0 Å². The van der Waals surface area contributed by atoms with Crippen molar-refractivity contribution in [1.82, 2.24) is 20.5 Å². The van der Waals surface area contributed by atoms with Crippen molar-refractivity contribution in [1.29, 1.82) is 0 Å². The average Bonchev–Trinajstić information content (AvgIpc) is 2.55. The van der Waals surface area contributed by atoms with Gasteiger partial charge in [0.25, 0.3) is 11.5 Å². The number of pyridine rings is 1. The fourth-order valence-corrected chi connectivity index (χ4v) is 2.24. The summed E-state index contributed by atoms with van der Waals surface area (Å²) < 4.78 is 0. The zero-order valence-corrected chi connectivity index (χ0v) is 11.7. The fourth-order valence-electron chi connectivity index (χ4n) is 2.24. The molecule has 0 spiro atoms. The molecule has 0 saturated carbocycles. The Bertz CT molecular complexity index is 847. The second-order valence-electron chi connectivity index (χ2n) is 4.80. The van der Waals surface area contributed by atoms with Crippen molar-refractivity contribution in [3.63, 3.8) is 0 Å². The highest BCUT2D eigenvalue weighted by Gasteiger charge is 2.07. The van der Waals surface area contributed by atoms with Crippen LogP contribution in [0.2, 0.25) is 0 Å². The minimum atomic E-state index is -0.335. The summed E-state index contributed by atoms with van der Waals surface area (Å²) in [6, 6.07) is 12.6. The van der Waals surface area contributed by atoms with Crippen molar-refractivity contribution in [2.24, 2.45) is 0 Å². The first kappa shape index (κ1) is 13.9. The Hall–Kier alpha value is -3.02. The third-order valence-corrected chi connectivity index (χ3v) is 3.31. The molecule has 0 saturated heterocycles. The smallest absolute Gasteiger partial charge is 0.271 e. The summed E-state index contributed by atoms with van der Waals surface area (Å²) in [5.74, 6) is -0.315. The number of nitrogens with one attached hydrogen (secondary N) is 2. The first-order valence-corrected chi connectivity index (χ1v) is 6.90. The average molecular weight is 294 g/mol. The topological polar surface area (TPSA) is 87.7 Å². The Kier molecular flexibility index (Phi) is 3.91. The largest absolute Gasteiger partial charge is 0.350 e. The molecule has 0 aliphatic heterocycles. The number of fused-ring (bicyclic) bond motifs is 1. The molecule has 3 rings (SSSR count). The molecular formula is C16H14N4O2. The Morgan fingerprint density at radius 1 is 1.14 bits per heavy atom. The molecule has 6 heteroatoms. The Morgan fingerprint density at radius 3 is 2.82 bits per heavy atom. The SMILES string of the molecule is O=C(NCCc1cccc2cccnc12)c1ccc(=O)[nH]n1. The third kappa shape index (κ3) is 3.01. The van der Waals surface area contributed by atoms with E-state index < -0.39 is 0 Å². The van der Waals surface area contributed by atoms with Gasteiger partial charge in [-0.3, -0.25) is 14.6 Å². The lowest BCUT2D eigenvalue weighted by Gasteiger charge is -2.07. The molecule has 2 heterocycles. The zero-order chi connectivity index (χ0) is 15.4. The number of para-hydroxylation sites is 1. The molecule has 1 aromatic carbocycles. The van der Waals surface area contributed by atoms with Crippen LogP contribution in [0.1, 0.15) is 16.1 Å². The van der Waals surface area contributed by atoms with Gasteiger partial charge in [-0.25, -0.2) is 5.10 Å². The van der Waals surface area contributed by atoms with Gasteiger partial charge in [0, 0.05) is 24.2 Å². The lowest BCUT2D eigenvalue weighted by molar-refractivity contribution is 0.0948. The first-order chi connectivity index (χ1) is 10.7. The Labute approximate surface area is 126 Å². The molecule has 0 atom stereocenters. The van der Waals surface area contributed by atoms with Crippen LogP contribution >= 0.6 is 0 Å². The van der Waals surface area contributed by atoms with Crippen LogP contribution < -0.4 is 10.9 Å². The zero-order valence-electron chi connectivity index (χ0n) is 11.7. The number of amides is 1. The molecule has 3 aromatic rings. The van der Waals surface area contributed by atoms with Gasteiger partial charge in [0.05, 0.1) is 5.52 Å². The monoisotopic (exact) mass is 294 g/mol. The molecule has 0 fully saturated rings. The number of aromatic nitrogens is 3. The van der Waals surface area contributed by atoms with Crippen LogP contribution in [0, 0.1) is 0 Å². The summed E-state index contributed by atoms with van der Waals surface area (Å²) in [7, 11) is 0. The number of nitrogens with zero attached hydrogens (tertiary/aromatic N) is 2. The van der Waals surface area contributed by atoms with E-state index in [9.17, 15) is 9.59 Å². The fraction of sp³-hybridized carbons (Fsp3) is 0.125. The highest BCUT2D eigenvalue weighted by atomic mass is 16.2. The normalized spacial score (nSPS) is 10.5. The van der Waals surface area contributed by atoms with Crippen LogP contribution in [0.5, 0.6) is 0 Å². The van der Waals surface area contributed by atoms with Crippen molar-refractivity contribution >= 4 is 16.8 Å². The minimum absolute atomic E-state index is 0.190. The van der Waals surface area contributed by atoms with E-state index in [1.807, 2.05) is 30.3 Å². The van der Waals surface area contributed by atoms with E-state index >= 15 is 0 Å². The minimum Gasteiger partial charge on any atom is -0.350 e. The van der Waals surface area contributed by atoms with E-state index in [4.69, 9.17) is 0 Å². The van der Waals surface area contributed by atoms with Crippen molar-refractivity contribution < 1.29 is 4.79 Å². The molecule has 0 bridgehead atoms. The van der Waals surface area contributed by atoms with E-state index in [-0.39, 0.29) is 17.2 Å². The summed E-state index contributed by atoms with van der Waals surface area (Å²) in [5, 5.41) is 9.79. The molecule has 2 aromatic heterocycles. The van der Waals surface area contributed by atoms with Crippen LogP contribution in [-0.4, -0.2) is 27.6 Å². The molecule has 6 nitrogen and oxygen atoms in total. The van der Waals surface area contributed by atoms with Gasteiger partial charge < -0.3 is 5.32 Å². The van der Waals surface area contributed by atoms with E-state index in [2.05, 4.69) is 20.5 Å². The van der Waals surface area contributed by atoms with E-state index in [1.54, 1.807) is 6.20 Å². The van der Waals surface area contributed by atoms with Crippen LogP contribution in [0.3, 0.4) is 0 Å². The van der Waals surface area contributed by atoms with Crippen LogP contribution in [0.15, 0.2) is 53.5 Å². The number of carbonyl (C=O) groups excluding carboxylic acids is 1. The molecule has 0 aliphatic rings. The van der Waals surface area contributed by atoms with Gasteiger partial charge in [0.1, 0.15) is 5.69 Å². The van der Waals surface area contributed by atoms with Crippen molar-refractivity contribution in [3.8, 4) is 0 Å². The summed E-state index contributed by atoms with van der Waals surface area (Å²) in [6.07, 6.45) is 2.43. The van der Waals surface area contributed by atoms with Gasteiger partial charge in [-0.15, -0.1) is 0 Å². The van der Waals surface area contributed by atoms with E-state index in [0.717, 1.165) is 16.5 Å². The second kappa shape index (κ2) is 6.17. The Balaban J connectivity index is 1.66. The van der Waals surface area contributed by atoms with Crippen LogP contribution in [0.4, 0.5) is 0 Å². The number of benzene rings is 1. The molecule has 0 radical (unpaired) electrons. The highest BCUT2D eigenvalue weighted by molar-refractivity contribution is 5.92. The summed E-state index contributed by atoms with van der Waals surface area (Å²) >= 11 is 0. The third-order valence-electron chi connectivity index (χ3n) is 3.31. The van der Waals surface area contributed by atoms with Crippen molar-refractivity contribution in [2.75, 3.05) is 6.54 Å². The lowest BCUT2D eigenvalue weighted by Crippen LogP contribution is -2.27. The van der Waals surface area contributed by atoms with Crippen LogP contribution in [0.25, 0.3) is 10.9 Å². The molecule has 0 unspecified atom stereocenters. The molecule has 110 valence electrons. The van der Waals surface area contributed by atoms with Gasteiger partial charge in [0.15, 0.2) is 0 Å². The van der Waals surface area contributed by atoms with Crippen molar-refractivity contribution in [2.45, 2.75) is 6.42 Å². The second-order valence-corrected chi connectivity index (χ2v) is 4.80. The molecule has 0 aliphatic carbocycles. The van der Waals surface area contributed by atoms with Crippen LogP contribution in [-0.2, 0) is 6.42 Å². The van der Waals surface area contributed by atoms with Gasteiger partial charge in [-0.1, -0.05) is 24.3 Å². The predicted molar refractivity (Wildman–Crippen MR) is 82.6 cm³/mol. The predicted octanol–water partition coefficient (Wildman–Crippen LogP) is 1.29. The number of aromatic amines is 1. The standard InChI is InChI=1S/C16H14N4O2/c21-14-7-6-13(19-20-14)16(22)18-10-8-12-4-1-3-11-5-2-9-17-15(11)12/h1-7,9H,8,10H2,(H,18,22)(H,20,21). The number of H-pyrrole nitrogens is 1. The number of rotatable bonds is 4. The van der Waals surface area contributed by atoms with Gasteiger partial charge in [-0.05, 0) is 24.1 Å². The van der Waals surface area contributed by atoms with Gasteiger partial charge in [-0.2, -0.15) is 5.10 Å². The maximum absolute atomic E-state index is 11.9. The van der Waals surface area contributed by atoms with E-state index in [1.165, 1.54) is 12.1 Å². The van der Waals surface area contributed by atoms with Crippen molar-refractivity contribution in [3.05, 3.63) is 70.3 Å². The summed E-state index contributed by atoms with van der Waals surface area (Å²) in [6.45, 7) is 0.468. The number of hydrogen-bond donors (Lipinski definition) is 2. The molecule has 1 amide bonds. The molecule has 22 heavy (non-hydrogen) atoms. The van der Waals surface area contributed by atoms with E-state index in [0.29, 0.717) is 13.0 Å². The maximum Gasteiger partial charge on any atom is 0.271 e. The maximum atomic E-state index is 11.9. The number of hydrogen-bond acceptors (Lipinski definition) is 4. The first-order valence-electron chi connectivity index (χ1n) is 6.90. The lowest BCUT2D eigenvalue weighted by atomic mass is 10.1. The molecule has 2 N–H and O–H groups in total. The quantitative estimate of drug-likeness (QED) is 0.759. The summed E-state index contributed by atoms with van der Waals surface area (Å²) in [4.78, 5) is 27.2. The Morgan fingerprint density at radius 2 is 2.00 bits per heavy atom. The summed E-state index contributed by atoms with van der Waals surface area (Å²) in [5.41, 5.74) is 1.88. The number of carbonyl (C=O) groups is 1. The van der Waals surface area contributed by atoms with Gasteiger partial charge >= 0.3 is 0 Å².